The van der Waals surface area contributed by atoms with Gasteiger partial charge in [0.15, 0.2) is 5.65 Å². The highest BCUT2D eigenvalue weighted by Crippen LogP contribution is 2.30. The fraction of sp³-hybridized carbons (Fsp3) is 0.320. The van der Waals surface area contributed by atoms with Crippen molar-refractivity contribution < 1.29 is 0 Å². The summed E-state index contributed by atoms with van der Waals surface area (Å²) in [5.74, 6) is 0.162. The molecule has 3 aromatic heterocycles. The number of likely N-dealkylation sites (tertiary alicyclic amines) is 1. The Morgan fingerprint density at radius 2 is 1.75 bits per heavy atom. The highest BCUT2D eigenvalue weighted by molar-refractivity contribution is 5.70. The molecule has 0 aliphatic carbocycles. The molecule has 0 N–H and O–H groups in total. The number of piperidine rings is 1. The summed E-state index contributed by atoms with van der Waals surface area (Å²) in [6, 6.07) is 1.92. The Labute approximate surface area is 187 Å². The molecule has 1 aliphatic heterocycles. The van der Waals surface area contributed by atoms with Crippen LogP contribution in [0.2, 0.25) is 0 Å². The monoisotopic (exact) mass is 428 g/mol. The van der Waals surface area contributed by atoms with E-state index < -0.39 is 0 Å². The molecule has 164 valence electrons. The summed E-state index contributed by atoms with van der Waals surface area (Å²) in [5, 5.41) is 0. The van der Waals surface area contributed by atoms with Crippen LogP contribution >= 0.6 is 0 Å². The summed E-state index contributed by atoms with van der Waals surface area (Å²) >= 11 is 0. The summed E-state index contributed by atoms with van der Waals surface area (Å²) in [7, 11) is 0. The zero-order valence-electron chi connectivity index (χ0n) is 18.7. The van der Waals surface area contributed by atoms with Crippen molar-refractivity contribution in [2.24, 2.45) is 0 Å². The zero-order valence-corrected chi connectivity index (χ0v) is 18.7. The molecule has 0 bridgehead atoms. The van der Waals surface area contributed by atoms with E-state index >= 15 is 0 Å². The Morgan fingerprint density at radius 1 is 1.06 bits per heavy atom. The summed E-state index contributed by atoms with van der Waals surface area (Å²) in [6.45, 7) is 13.8. The van der Waals surface area contributed by atoms with E-state index in [4.69, 9.17) is 0 Å². The summed E-state index contributed by atoms with van der Waals surface area (Å²) in [5.41, 5.74) is 5.85. The first-order chi connectivity index (χ1) is 15.5. The lowest BCUT2D eigenvalue weighted by Crippen LogP contribution is -2.35. The summed E-state index contributed by atoms with van der Waals surface area (Å²) in [4.78, 5) is 33.6. The number of pyridine rings is 1. The quantitative estimate of drug-likeness (QED) is 0.557. The lowest BCUT2D eigenvalue weighted by Gasteiger charge is -2.35. The maximum absolute atomic E-state index is 13.6. The molecular weight excluding hydrogens is 400 g/mol. The van der Waals surface area contributed by atoms with Gasteiger partial charge in [0.2, 0.25) is 0 Å². The number of nitrogens with zero attached hydrogens (tertiary/aromatic N) is 6. The van der Waals surface area contributed by atoms with E-state index in [1.54, 1.807) is 29.4 Å². The molecular formula is C25H28N6O. The predicted octanol–water partition coefficient (Wildman–Crippen LogP) is 3.76. The highest BCUT2D eigenvalue weighted by atomic mass is 16.1. The smallest absolute Gasteiger partial charge is 0.256 e. The molecule has 4 heterocycles. The van der Waals surface area contributed by atoms with E-state index in [0.717, 1.165) is 59.7 Å². The van der Waals surface area contributed by atoms with Crippen molar-refractivity contribution in [3.05, 3.63) is 94.7 Å². The molecule has 7 heteroatoms. The average molecular weight is 429 g/mol. The lowest BCUT2D eigenvalue weighted by atomic mass is 9.89. The third-order valence-corrected chi connectivity index (χ3v) is 6.22. The van der Waals surface area contributed by atoms with E-state index in [9.17, 15) is 4.79 Å². The van der Waals surface area contributed by atoms with Crippen molar-refractivity contribution in [2.45, 2.75) is 39.2 Å². The topological polar surface area (TPSA) is 76.8 Å². The normalized spacial score (nSPS) is 15.5. The van der Waals surface area contributed by atoms with Crippen LogP contribution in [0.5, 0.6) is 0 Å². The number of allylic oxidation sites excluding steroid dienone is 3. The Kier molecular flexibility index (Phi) is 6.25. The van der Waals surface area contributed by atoms with E-state index in [-0.39, 0.29) is 11.5 Å². The molecule has 0 radical (unpaired) electrons. The average Bonchev–Trinajstić information content (AvgIpc) is 2.82. The molecule has 32 heavy (non-hydrogen) atoms. The van der Waals surface area contributed by atoms with Gasteiger partial charge < -0.3 is 4.90 Å². The van der Waals surface area contributed by atoms with Crippen LogP contribution in [0.1, 0.15) is 42.6 Å². The number of rotatable bonds is 6. The number of aryl methyl sites for hydroxylation is 1. The first kappa shape index (κ1) is 21.6. The van der Waals surface area contributed by atoms with Gasteiger partial charge >= 0.3 is 0 Å². The molecule has 4 rings (SSSR count). The van der Waals surface area contributed by atoms with Gasteiger partial charge in [-0.3, -0.25) is 24.3 Å². The standard InChI is InChI=1S/C25H28N6O/c1-5-17(3)23(6-2)30-13-7-19(8-14-30)20-15-21-24(29-12-11-27-21)31(25(20)32)16-22-18(4)26-9-10-28-22/h5-6,9-12,15,19H,1-2,7-8,13-14,16H2,3-4H3/b23-17+. The number of fused-ring (bicyclic) bond motifs is 1. The number of hydrogen-bond donors (Lipinski definition) is 0. The SMILES string of the molecule is C=C/C(C)=C(\C=C)N1CCC(c2cc3nccnc3n(Cc3nccnc3C)c2=O)CC1. The first-order valence-corrected chi connectivity index (χ1v) is 10.8. The van der Waals surface area contributed by atoms with Crippen LogP contribution in [-0.2, 0) is 6.54 Å². The van der Waals surface area contributed by atoms with Crippen molar-refractivity contribution >= 4 is 11.2 Å². The second kappa shape index (κ2) is 9.26. The zero-order chi connectivity index (χ0) is 22.7. The molecule has 3 aromatic rings. The van der Waals surface area contributed by atoms with Gasteiger partial charge in [0, 0.05) is 49.1 Å². The molecule has 0 atom stereocenters. The van der Waals surface area contributed by atoms with Crippen LogP contribution in [0, 0.1) is 6.92 Å². The second-order valence-corrected chi connectivity index (χ2v) is 8.08. The van der Waals surface area contributed by atoms with Crippen molar-refractivity contribution in [1.82, 2.24) is 29.4 Å². The Morgan fingerprint density at radius 3 is 2.44 bits per heavy atom. The molecule has 0 aromatic carbocycles. The Hall–Kier alpha value is -3.61. The maximum atomic E-state index is 13.6. The minimum atomic E-state index is -0.0248. The number of aromatic nitrogens is 5. The Balaban J connectivity index is 1.70. The summed E-state index contributed by atoms with van der Waals surface area (Å²) in [6.07, 6.45) is 12.1. The number of hydrogen-bond acceptors (Lipinski definition) is 6. The first-order valence-electron chi connectivity index (χ1n) is 10.8. The second-order valence-electron chi connectivity index (χ2n) is 8.08. The minimum Gasteiger partial charge on any atom is -0.371 e. The third-order valence-electron chi connectivity index (χ3n) is 6.22. The van der Waals surface area contributed by atoms with Crippen molar-refractivity contribution in [3.8, 4) is 0 Å². The molecule has 7 nitrogen and oxygen atoms in total. The van der Waals surface area contributed by atoms with Gasteiger partial charge in [-0.15, -0.1) is 0 Å². The van der Waals surface area contributed by atoms with Crippen molar-refractivity contribution in [3.63, 3.8) is 0 Å². The molecule has 1 aliphatic rings. The van der Waals surface area contributed by atoms with Crippen LogP contribution in [0.4, 0.5) is 0 Å². The van der Waals surface area contributed by atoms with Gasteiger partial charge in [0.25, 0.3) is 5.56 Å². The predicted molar refractivity (Wildman–Crippen MR) is 126 cm³/mol. The van der Waals surface area contributed by atoms with Crippen molar-refractivity contribution in [2.75, 3.05) is 13.1 Å². The van der Waals surface area contributed by atoms with Crippen LogP contribution in [0.25, 0.3) is 11.2 Å². The fourth-order valence-corrected chi connectivity index (χ4v) is 4.37. The van der Waals surface area contributed by atoms with Crippen LogP contribution < -0.4 is 5.56 Å². The van der Waals surface area contributed by atoms with Gasteiger partial charge in [-0.1, -0.05) is 19.2 Å². The van der Waals surface area contributed by atoms with Crippen molar-refractivity contribution in [1.29, 1.82) is 0 Å². The van der Waals surface area contributed by atoms with Gasteiger partial charge in [-0.2, -0.15) is 0 Å². The van der Waals surface area contributed by atoms with E-state index in [2.05, 4.69) is 38.0 Å². The maximum Gasteiger partial charge on any atom is 0.256 e. The summed E-state index contributed by atoms with van der Waals surface area (Å²) < 4.78 is 1.69. The Bertz CT molecular complexity index is 1250. The van der Waals surface area contributed by atoms with Gasteiger partial charge in [-0.05, 0) is 50.3 Å². The highest BCUT2D eigenvalue weighted by Gasteiger charge is 2.25. The van der Waals surface area contributed by atoms with Gasteiger partial charge in [0.1, 0.15) is 5.52 Å². The molecule has 0 spiro atoms. The molecule has 0 saturated carbocycles. The van der Waals surface area contributed by atoms with E-state index in [1.165, 1.54) is 0 Å². The van der Waals surface area contributed by atoms with Gasteiger partial charge in [0.05, 0.1) is 17.9 Å². The molecule has 1 saturated heterocycles. The fourth-order valence-electron chi connectivity index (χ4n) is 4.37. The van der Waals surface area contributed by atoms with E-state index in [1.807, 2.05) is 32.1 Å². The van der Waals surface area contributed by atoms with Gasteiger partial charge in [-0.25, -0.2) is 4.98 Å². The van der Waals surface area contributed by atoms with Crippen LogP contribution in [-0.4, -0.2) is 42.5 Å². The van der Waals surface area contributed by atoms with Crippen LogP contribution in [0.3, 0.4) is 0 Å². The molecule has 1 fully saturated rings. The largest absolute Gasteiger partial charge is 0.371 e. The lowest BCUT2D eigenvalue weighted by molar-refractivity contribution is 0.267. The van der Waals surface area contributed by atoms with Crippen LogP contribution in [0.15, 0.2) is 72.2 Å². The third kappa shape index (κ3) is 4.10. The van der Waals surface area contributed by atoms with E-state index in [0.29, 0.717) is 12.2 Å². The molecule has 0 unspecified atom stereocenters. The minimum absolute atomic E-state index is 0.0248. The molecule has 0 amide bonds.